The summed E-state index contributed by atoms with van der Waals surface area (Å²) < 4.78 is 32.2. The van der Waals surface area contributed by atoms with Crippen LogP contribution < -0.4 is 24.3 Å². The second-order valence-corrected chi connectivity index (χ2v) is 33.1. The SMILES string of the molecule is CCCCCCOc1ccc(-c2ccc(C(=Cc3cc(-c4ccc(C5=C6C(=O)N(CC(CC)CCCC)C(c7ccc(-c8ccc(/C=C(\C#N)C(=O)O)o8)cc7)=C6C(=O)N5CC(CC)CCCC)s4)cc4c3NC3CCCC43)c3ccc(-c4ccc(OCCCCCC)cc4OCCCCCC)cc3)cc2)c(OCCCCCC)c1. The normalized spacial score (nSPS) is 15.6. The van der Waals surface area contributed by atoms with Gasteiger partial charge in [-0.3, -0.25) is 9.59 Å². The molecule has 3 aliphatic heterocycles. The summed E-state index contributed by atoms with van der Waals surface area (Å²) in [6, 6.07) is 53.1. The van der Waals surface area contributed by atoms with Crippen LogP contribution in [0.4, 0.5) is 5.69 Å². The highest BCUT2D eigenvalue weighted by atomic mass is 32.1. The lowest BCUT2D eigenvalue weighted by Gasteiger charge is -2.29. The van der Waals surface area contributed by atoms with Gasteiger partial charge in [-0.1, -0.05) is 250 Å². The quantitative estimate of drug-likeness (QED) is 0.0161. The highest BCUT2D eigenvalue weighted by Gasteiger charge is 2.50. The molecule has 0 radical (unpaired) electrons. The number of nitrogens with zero attached hydrogens (tertiary/aromatic N) is 3. The second kappa shape index (κ2) is 42.2. The Morgan fingerprint density at radius 2 is 1.01 bits per heavy atom. The Bertz CT molecular complexity index is 4640. The molecular weight excluding hydrogens is 1450 g/mol. The Morgan fingerprint density at radius 3 is 1.51 bits per heavy atom. The lowest BCUT2D eigenvalue weighted by Crippen LogP contribution is -2.34. The highest BCUT2D eigenvalue weighted by molar-refractivity contribution is 7.16. The van der Waals surface area contributed by atoms with Crippen molar-refractivity contribution >= 4 is 63.9 Å². The van der Waals surface area contributed by atoms with E-state index in [-0.39, 0.29) is 29.4 Å². The molecule has 13 nitrogen and oxygen atoms in total. The van der Waals surface area contributed by atoms with Gasteiger partial charge >= 0.3 is 5.97 Å². The van der Waals surface area contributed by atoms with Crippen LogP contribution in [-0.4, -0.2) is 78.2 Å². The molecule has 5 heterocycles. The molecule has 4 aliphatic rings. The van der Waals surface area contributed by atoms with Crippen LogP contribution in [0.1, 0.15) is 273 Å². The van der Waals surface area contributed by atoms with Gasteiger partial charge in [0.1, 0.15) is 46.2 Å². The van der Waals surface area contributed by atoms with Crippen LogP contribution in [0.15, 0.2) is 167 Å². The predicted octanol–water partition coefficient (Wildman–Crippen LogP) is 26.7. The number of amides is 2. The number of ether oxygens (including phenoxy) is 4. The summed E-state index contributed by atoms with van der Waals surface area (Å²) in [6.07, 6.45) is 32.8. The van der Waals surface area contributed by atoms with Crippen molar-refractivity contribution in [1.29, 1.82) is 5.26 Å². The molecule has 4 atom stereocenters. The molecule has 0 saturated heterocycles. The van der Waals surface area contributed by atoms with Crippen LogP contribution in [-0.2, 0) is 14.4 Å². The summed E-state index contributed by atoms with van der Waals surface area (Å²) in [5.41, 5.74) is 15.3. The topological polar surface area (TPSA) is 164 Å². The van der Waals surface area contributed by atoms with Crippen LogP contribution in [0.2, 0.25) is 0 Å². The molecule has 1 aliphatic carbocycles. The van der Waals surface area contributed by atoms with Gasteiger partial charge in [0.2, 0.25) is 0 Å². The third-order valence-electron chi connectivity index (χ3n) is 23.7. The summed E-state index contributed by atoms with van der Waals surface area (Å²) in [7, 11) is 0. The summed E-state index contributed by atoms with van der Waals surface area (Å²) in [5, 5.41) is 23.2. The fourth-order valence-electron chi connectivity index (χ4n) is 16.9. The molecule has 1 fully saturated rings. The van der Waals surface area contributed by atoms with Gasteiger partial charge < -0.3 is 43.6 Å². The Balaban J connectivity index is 0.975. The first-order valence-electron chi connectivity index (χ1n) is 43.8. The number of anilines is 1. The van der Waals surface area contributed by atoms with Gasteiger partial charge in [0.05, 0.1) is 53.8 Å². The fraction of sp³-hybridized carbons (Fsp3) is 0.446. The maximum atomic E-state index is 16.1. The number of aliphatic carboxylic acids is 1. The molecule has 6 aromatic carbocycles. The zero-order valence-corrected chi connectivity index (χ0v) is 70.4. The van der Waals surface area contributed by atoms with E-state index in [1.807, 2.05) is 34.1 Å². The van der Waals surface area contributed by atoms with Crippen molar-refractivity contribution in [3.63, 3.8) is 0 Å². The Morgan fingerprint density at radius 1 is 0.522 bits per heavy atom. The first-order valence-corrected chi connectivity index (χ1v) is 44.6. The van der Waals surface area contributed by atoms with Crippen LogP contribution >= 0.6 is 11.3 Å². The number of fused-ring (bicyclic) bond motifs is 4. The van der Waals surface area contributed by atoms with Crippen molar-refractivity contribution in [2.45, 2.75) is 241 Å². The number of hydrogen-bond donors (Lipinski definition) is 2. The van der Waals surface area contributed by atoms with Crippen LogP contribution in [0, 0.1) is 23.2 Å². The number of unbranched alkanes of at least 4 members (excludes halogenated alkanes) is 14. The number of rotatable bonds is 47. The number of nitriles is 1. The third-order valence-corrected chi connectivity index (χ3v) is 24.8. The fourth-order valence-corrected chi connectivity index (χ4v) is 18.0. The van der Waals surface area contributed by atoms with E-state index in [2.05, 4.69) is 176 Å². The first kappa shape index (κ1) is 84.6. The molecule has 2 amide bonds. The minimum Gasteiger partial charge on any atom is -0.493 e. The lowest BCUT2D eigenvalue weighted by atomic mass is 9.89. The smallest absolute Gasteiger partial charge is 0.346 e. The predicted molar refractivity (Wildman–Crippen MR) is 472 cm³/mol. The molecule has 8 aromatic rings. The molecule has 2 N–H and O–H groups in total. The van der Waals surface area contributed by atoms with Crippen LogP contribution in [0.25, 0.3) is 73.1 Å². The number of nitrogens with one attached hydrogen (secondary N) is 1. The number of carboxylic acids is 1. The molecule has 14 heteroatoms. The number of benzene rings is 6. The van der Waals surface area contributed by atoms with Gasteiger partial charge in [0.15, 0.2) is 0 Å². The monoisotopic (exact) mass is 1570 g/mol. The number of thiophene rings is 1. The molecule has 606 valence electrons. The number of carbonyl (C=O) groups is 3. The van der Waals surface area contributed by atoms with Gasteiger partial charge in [0, 0.05) is 70.5 Å². The lowest BCUT2D eigenvalue weighted by molar-refractivity contribution is -0.132. The summed E-state index contributed by atoms with van der Waals surface area (Å²) >= 11 is 1.66. The second-order valence-electron chi connectivity index (χ2n) is 32.0. The van der Waals surface area contributed by atoms with E-state index in [0.29, 0.717) is 79.8 Å². The molecule has 0 bridgehead atoms. The minimum absolute atomic E-state index is 0.150. The molecule has 2 aromatic heterocycles. The number of hydrogen-bond acceptors (Lipinski definition) is 11. The van der Waals surface area contributed by atoms with Crippen molar-refractivity contribution < 1.29 is 42.9 Å². The molecule has 4 unspecified atom stereocenters. The van der Waals surface area contributed by atoms with Crippen LogP contribution in [0.5, 0.6) is 23.0 Å². The van der Waals surface area contributed by atoms with Gasteiger partial charge in [-0.2, -0.15) is 5.26 Å². The third kappa shape index (κ3) is 20.9. The van der Waals surface area contributed by atoms with Crippen molar-refractivity contribution in [2.24, 2.45) is 11.8 Å². The maximum Gasteiger partial charge on any atom is 0.346 e. The van der Waals surface area contributed by atoms with Crippen molar-refractivity contribution in [2.75, 3.05) is 44.8 Å². The maximum absolute atomic E-state index is 16.1. The van der Waals surface area contributed by atoms with E-state index in [0.717, 1.165) is 229 Å². The number of furan rings is 1. The van der Waals surface area contributed by atoms with Gasteiger partial charge in [0.25, 0.3) is 11.8 Å². The molecule has 0 spiro atoms. The standard InChI is InChI=1S/C101H122N4O9S/c1-9-17-23-27-56-110-80-48-51-83(90(64-80)112-58-29-25-19-11-3)71-36-40-73(41-37-71)86(74-42-38-72(39-43-74)84-52-49-81(111-57-28-24-18-10-2)65-91(84)113-59-30-26-20-12-4)63-78-60-77(62-87-85-34-31-35-88(85)103-96(78)87)92-54-55-93(115-92)98-95-94(99(106)105(98)68-70(16-8)33-22-14-6)97(104(100(95)107)67-69(15-7)32-21-13-5)76-46-44-75(45-47-76)89-53-50-82(114-89)61-79(66-102)101(108)109/h36-55,60-65,69-70,85,88,103H,9-35,56-59,67-68H2,1-8H3,(H,108,109)/b79-61+. The zero-order chi connectivity index (χ0) is 80.6. The van der Waals surface area contributed by atoms with Gasteiger partial charge in [-0.05, 0) is 180 Å². The summed E-state index contributed by atoms with van der Waals surface area (Å²) in [6.45, 7) is 21.4. The van der Waals surface area contributed by atoms with Crippen molar-refractivity contribution in [3.8, 4) is 73.1 Å². The highest BCUT2D eigenvalue weighted by Crippen LogP contribution is 2.53. The van der Waals surface area contributed by atoms with E-state index in [1.54, 1.807) is 29.5 Å². The Kier molecular flexibility index (Phi) is 31.0. The Labute approximate surface area is 688 Å². The summed E-state index contributed by atoms with van der Waals surface area (Å²) in [5.74, 6) is 3.16. The average molecular weight is 1570 g/mol. The molecule has 115 heavy (non-hydrogen) atoms. The van der Waals surface area contributed by atoms with Crippen LogP contribution in [0.3, 0.4) is 0 Å². The van der Waals surface area contributed by atoms with E-state index < -0.39 is 11.5 Å². The van der Waals surface area contributed by atoms with Crippen molar-refractivity contribution in [3.05, 3.63) is 201 Å². The summed E-state index contributed by atoms with van der Waals surface area (Å²) in [4.78, 5) is 49.7. The van der Waals surface area contributed by atoms with E-state index >= 15 is 9.59 Å². The van der Waals surface area contributed by atoms with E-state index in [4.69, 9.17) is 23.4 Å². The first-order chi connectivity index (χ1) is 56.3. The Hall–Kier alpha value is -9.84. The van der Waals surface area contributed by atoms with Gasteiger partial charge in [-0.25, -0.2) is 4.79 Å². The minimum atomic E-state index is -1.34. The number of carboxylic acid groups (broad SMARTS) is 1. The molecule has 12 rings (SSSR count). The van der Waals surface area contributed by atoms with E-state index in [9.17, 15) is 15.2 Å². The molecule has 1 saturated carbocycles. The zero-order valence-electron chi connectivity index (χ0n) is 69.6. The molecular formula is C101H122N4O9S. The average Bonchev–Trinajstić information content (AvgIpc) is 1.55. The largest absolute Gasteiger partial charge is 0.493 e. The van der Waals surface area contributed by atoms with E-state index in [1.165, 1.54) is 55.9 Å². The van der Waals surface area contributed by atoms with Gasteiger partial charge in [-0.15, -0.1) is 11.3 Å². The van der Waals surface area contributed by atoms with Crippen molar-refractivity contribution in [1.82, 2.24) is 9.80 Å². The number of carbonyl (C=O) groups excluding carboxylic acids is 2.